The molecular weight excluding hydrogens is 208 g/mol. The number of nitrogens with one attached hydrogen (secondary N) is 1. The highest BCUT2D eigenvalue weighted by molar-refractivity contribution is 5.88. The van der Waals surface area contributed by atoms with Gasteiger partial charge in [-0.15, -0.1) is 0 Å². The largest absolute Gasteiger partial charge is 0.480 e. The minimum absolute atomic E-state index is 0.128. The highest BCUT2D eigenvalue weighted by Crippen LogP contribution is 2.40. The topological polar surface area (TPSA) is 92.4 Å². The third-order valence-corrected chi connectivity index (χ3v) is 3.40. The number of nitrogens with two attached hydrogens (primary N) is 1. The van der Waals surface area contributed by atoms with Gasteiger partial charge in [0.25, 0.3) is 0 Å². The number of aliphatic carboxylic acids is 1. The molecular formula is C11H20N2O3. The van der Waals surface area contributed by atoms with E-state index in [1.807, 2.05) is 0 Å². The van der Waals surface area contributed by atoms with E-state index in [1.54, 1.807) is 13.8 Å². The number of hydrogen-bond donors (Lipinski definition) is 3. The number of carbonyl (C=O) groups excluding carboxylic acids is 1. The summed E-state index contributed by atoms with van der Waals surface area (Å²) in [5, 5.41) is 11.6. The Morgan fingerprint density at radius 2 is 2.00 bits per heavy atom. The van der Waals surface area contributed by atoms with Crippen LogP contribution < -0.4 is 11.1 Å². The fourth-order valence-corrected chi connectivity index (χ4v) is 1.94. The molecule has 1 atom stereocenters. The fraction of sp³-hybridized carbons (Fsp3) is 0.818. The summed E-state index contributed by atoms with van der Waals surface area (Å²) in [7, 11) is 0. The van der Waals surface area contributed by atoms with Gasteiger partial charge in [0, 0.05) is 6.54 Å². The Kier molecular flexibility index (Phi) is 3.91. The summed E-state index contributed by atoms with van der Waals surface area (Å²) in [4.78, 5) is 22.9. The van der Waals surface area contributed by atoms with Crippen molar-refractivity contribution in [3.05, 3.63) is 0 Å². The van der Waals surface area contributed by atoms with Crippen molar-refractivity contribution in [3.63, 3.8) is 0 Å². The van der Waals surface area contributed by atoms with Crippen molar-refractivity contribution in [3.8, 4) is 0 Å². The van der Waals surface area contributed by atoms with Crippen LogP contribution in [0.4, 0.5) is 0 Å². The first-order valence-corrected chi connectivity index (χ1v) is 5.67. The van der Waals surface area contributed by atoms with Crippen molar-refractivity contribution in [1.82, 2.24) is 5.32 Å². The molecule has 4 N–H and O–H groups in total. The van der Waals surface area contributed by atoms with Crippen LogP contribution in [0.15, 0.2) is 0 Å². The molecule has 0 unspecified atom stereocenters. The maximum absolute atomic E-state index is 11.9. The van der Waals surface area contributed by atoms with Crippen molar-refractivity contribution in [1.29, 1.82) is 0 Å². The van der Waals surface area contributed by atoms with E-state index in [1.165, 1.54) is 0 Å². The Hall–Kier alpha value is -1.10. The number of carbonyl (C=O) groups is 2. The summed E-state index contributed by atoms with van der Waals surface area (Å²) in [6.07, 6.45) is 2.52. The third-order valence-electron chi connectivity index (χ3n) is 3.40. The molecule has 0 heterocycles. The number of amides is 1. The normalized spacial score (nSPS) is 20.0. The summed E-state index contributed by atoms with van der Waals surface area (Å²) >= 11 is 0. The molecule has 0 radical (unpaired) electrons. The molecule has 0 spiro atoms. The van der Waals surface area contributed by atoms with E-state index < -0.39 is 17.4 Å². The summed E-state index contributed by atoms with van der Waals surface area (Å²) in [5.74, 6) is -1.33. The maximum atomic E-state index is 11.9. The Bertz CT molecular complexity index is 279. The standard InChI is InChI=1S/C11H20N2O3/c1-7(2)8(9(14)15)13-10(16)11(6-12)4-3-5-11/h7-8H,3-6,12H2,1-2H3,(H,13,16)(H,14,15)/t8-/m0/s1. The highest BCUT2D eigenvalue weighted by Gasteiger charge is 2.44. The molecule has 1 aliphatic carbocycles. The monoisotopic (exact) mass is 228 g/mol. The van der Waals surface area contributed by atoms with Crippen LogP contribution in [-0.2, 0) is 9.59 Å². The van der Waals surface area contributed by atoms with Crippen molar-refractivity contribution >= 4 is 11.9 Å². The van der Waals surface area contributed by atoms with Gasteiger partial charge in [-0.2, -0.15) is 0 Å². The lowest BCUT2D eigenvalue weighted by molar-refractivity contribution is -0.146. The molecule has 1 aliphatic rings. The molecule has 0 aromatic rings. The summed E-state index contributed by atoms with van der Waals surface area (Å²) in [6, 6.07) is -0.823. The van der Waals surface area contributed by atoms with E-state index in [2.05, 4.69) is 5.32 Å². The second kappa shape index (κ2) is 4.82. The van der Waals surface area contributed by atoms with Crippen LogP contribution in [-0.4, -0.2) is 29.6 Å². The Balaban J connectivity index is 2.65. The van der Waals surface area contributed by atoms with Gasteiger partial charge in [0.05, 0.1) is 5.41 Å². The number of rotatable bonds is 5. The molecule has 92 valence electrons. The Morgan fingerprint density at radius 3 is 2.25 bits per heavy atom. The van der Waals surface area contributed by atoms with Gasteiger partial charge in [-0.3, -0.25) is 4.79 Å². The lowest BCUT2D eigenvalue weighted by Crippen LogP contribution is -2.55. The molecule has 1 fully saturated rings. The van der Waals surface area contributed by atoms with Crippen LogP contribution in [0, 0.1) is 11.3 Å². The number of carboxylic acid groups (broad SMARTS) is 1. The second-order valence-electron chi connectivity index (χ2n) is 4.87. The van der Waals surface area contributed by atoms with Crippen LogP contribution in [0.1, 0.15) is 33.1 Å². The first-order chi connectivity index (χ1) is 7.43. The SMILES string of the molecule is CC(C)[C@H](NC(=O)C1(CN)CCC1)C(=O)O. The molecule has 0 aliphatic heterocycles. The van der Waals surface area contributed by atoms with Gasteiger partial charge >= 0.3 is 5.97 Å². The van der Waals surface area contributed by atoms with E-state index in [0.29, 0.717) is 6.54 Å². The van der Waals surface area contributed by atoms with Crippen LogP contribution in [0.3, 0.4) is 0 Å². The molecule has 1 rings (SSSR count). The smallest absolute Gasteiger partial charge is 0.326 e. The molecule has 5 heteroatoms. The third kappa shape index (κ3) is 2.35. The minimum Gasteiger partial charge on any atom is -0.480 e. The molecule has 5 nitrogen and oxygen atoms in total. The van der Waals surface area contributed by atoms with E-state index in [4.69, 9.17) is 10.8 Å². The van der Waals surface area contributed by atoms with Gasteiger partial charge < -0.3 is 16.2 Å². The molecule has 0 aromatic heterocycles. The summed E-state index contributed by atoms with van der Waals surface area (Å²) in [6.45, 7) is 3.84. The molecule has 16 heavy (non-hydrogen) atoms. The van der Waals surface area contributed by atoms with E-state index in [0.717, 1.165) is 19.3 Å². The first kappa shape index (κ1) is 13.0. The molecule has 0 bridgehead atoms. The van der Waals surface area contributed by atoms with Crippen molar-refractivity contribution < 1.29 is 14.7 Å². The van der Waals surface area contributed by atoms with Crippen molar-refractivity contribution in [2.75, 3.05) is 6.54 Å². The van der Waals surface area contributed by atoms with E-state index in [9.17, 15) is 9.59 Å². The predicted molar refractivity (Wildman–Crippen MR) is 59.7 cm³/mol. The Morgan fingerprint density at radius 1 is 1.44 bits per heavy atom. The van der Waals surface area contributed by atoms with Gasteiger partial charge in [0.2, 0.25) is 5.91 Å². The first-order valence-electron chi connectivity index (χ1n) is 5.67. The van der Waals surface area contributed by atoms with Crippen molar-refractivity contribution in [2.24, 2.45) is 17.1 Å². The lowest BCUT2D eigenvalue weighted by atomic mass is 9.68. The van der Waals surface area contributed by atoms with Gasteiger partial charge in [-0.25, -0.2) is 4.79 Å². The number of hydrogen-bond acceptors (Lipinski definition) is 3. The zero-order valence-electron chi connectivity index (χ0n) is 9.82. The Labute approximate surface area is 95.4 Å². The van der Waals surface area contributed by atoms with Gasteiger partial charge in [-0.05, 0) is 18.8 Å². The quantitative estimate of drug-likeness (QED) is 0.632. The molecule has 1 saturated carbocycles. The molecule has 0 saturated heterocycles. The van der Waals surface area contributed by atoms with E-state index >= 15 is 0 Å². The zero-order valence-corrected chi connectivity index (χ0v) is 9.82. The van der Waals surface area contributed by atoms with Crippen LogP contribution in [0.5, 0.6) is 0 Å². The van der Waals surface area contributed by atoms with Crippen LogP contribution in [0.25, 0.3) is 0 Å². The van der Waals surface area contributed by atoms with Gasteiger partial charge in [0.15, 0.2) is 0 Å². The fourth-order valence-electron chi connectivity index (χ4n) is 1.94. The average Bonchev–Trinajstić information content (AvgIpc) is 2.12. The van der Waals surface area contributed by atoms with Crippen LogP contribution in [0.2, 0.25) is 0 Å². The lowest BCUT2D eigenvalue weighted by Gasteiger charge is -2.40. The van der Waals surface area contributed by atoms with Crippen LogP contribution >= 0.6 is 0 Å². The van der Waals surface area contributed by atoms with E-state index in [-0.39, 0.29) is 11.8 Å². The predicted octanol–water partition coefficient (Wildman–Crippen LogP) is 0.341. The van der Waals surface area contributed by atoms with Gasteiger partial charge in [-0.1, -0.05) is 20.3 Å². The molecule has 1 amide bonds. The summed E-state index contributed by atoms with van der Waals surface area (Å²) < 4.78 is 0. The highest BCUT2D eigenvalue weighted by atomic mass is 16.4. The average molecular weight is 228 g/mol. The second-order valence-corrected chi connectivity index (χ2v) is 4.87. The molecule has 0 aromatic carbocycles. The van der Waals surface area contributed by atoms with Crippen molar-refractivity contribution in [2.45, 2.75) is 39.2 Å². The number of carboxylic acids is 1. The van der Waals surface area contributed by atoms with Gasteiger partial charge in [0.1, 0.15) is 6.04 Å². The maximum Gasteiger partial charge on any atom is 0.326 e. The summed E-state index contributed by atoms with van der Waals surface area (Å²) in [5.41, 5.74) is 5.08. The zero-order chi connectivity index (χ0) is 12.3. The minimum atomic E-state index is -0.991.